The molecule has 1 aliphatic heterocycles. The number of likely N-dealkylation sites (tertiary alicyclic amines) is 1. The number of piperidine rings is 1. The SMILES string of the molecule is Cc1nc2ccccc2n1CC1CCN(C(=O)c2c(F)cccc2F)CC1. The zero-order valence-corrected chi connectivity index (χ0v) is 15.2. The average molecular weight is 369 g/mol. The molecule has 1 aliphatic rings. The highest BCUT2D eigenvalue weighted by Crippen LogP contribution is 2.25. The molecule has 4 rings (SSSR count). The number of halogens is 2. The van der Waals surface area contributed by atoms with Crippen LogP contribution in [-0.2, 0) is 6.54 Å². The fourth-order valence-corrected chi connectivity index (χ4v) is 3.86. The third-order valence-corrected chi connectivity index (χ3v) is 5.36. The van der Waals surface area contributed by atoms with Crippen molar-refractivity contribution < 1.29 is 13.6 Å². The lowest BCUT2D eigenvalue weighted by Gasteiger charge is -2.32. The molecule has 0 N–H and O–H groups in total. The Hall–Kier alpha value is -2.76. The predicted molar refractivity (Wildman–Crippen MR) is 99.5 cm³/mol. The molecule has 27 heavy (non-hydrogen) atoms. The van der Waals surface area contributed by atoms with Gasteiger partial charge in [0, 0.05) is 19.6 Å². The monoisotopic (exact) mass is 369 g/mol. The molecule has 6 heteroatoms. The smallest absolute Gasteiger partial charge is 0.259 e. The van der Waals surface area contributed by atoms with Gasteiger partial charge in [0.05, 0.1) is 11.0 Å². The standard InChI is InChI=1S/C21H21F2N3O/c1-14-24-18-7-2-3-8-19(18)26(14)13-15-9-11-25(12-10-15)21(27)20-16(22)5-4-6-17(20)23/h2-8,15H,9-13H2,1H3. The summed E-state index contributed by atoms with van der Waals surface area (Å²) in [6.45, 7) is 3.84. The van der Waals surface area contributed by atoms with Crippen LogP contribution in [0.25, 0.3) is 11.0 Å². The number of carbonyl (C=O) groups is 1. The summed E-state index contributed by atoms with van der Waals surface area (Å²) in [7, 11) is 0. The molecule has 0 bridgehead atoms. The maximum absolute atomic E-state index is 13.9. The molecule has 4 nitrogen and oxygen atoms in total. The molecule has 2 heterocycles. The molecule has 0 aliphatic carbocycles. The van der Waals surface area contributed by atoms with Crippen molar-refractivity contribution >= 4 is 16.9 Å². The quantitative estimate of drug-likeness (QED) is 0.695. The van der Waals surface area contributed by atoms with Crippen LogP contribution >= 0.6 is 0 Å². The van der Waals surface area contributed by atoms with Crippen molar-refractivity contribution in [3.8, 4) is 0 Å². The number of carbonyl (C=O) groups excluding carboxylic acids is 1. The minimum Gasteiger partial charge on any atom is -0.338 e. The third-order valence-electron chi connectivity index (χ3n) is 5.36. The van der Waals surface area contributed by atoms with Gasteiger partial charge in [-0.15, -0.1) is 0 Å². The summed E-state index contributed by atoms with van der Waals surface area (Å²) < 4.78 is 30.0. The highest BCUT2D eigenvalue weighted by Gasteiger charge is 2.28. The summed E-state index contributed by atoms with van der Waals surface area (Å²) in [6.07, 6.45) is 1.60. The van der Waals surface area contributed by atoms with Gasteiger partial charge in [-0.25, -0.2) is 13.8 Å². The number of aryl methyl sites for hydroxylation is 1. The van der Waals surface area contributed by atoms with E-state index in [2.05, 4.69) is 15.6 Å². The van der Waals surface area contributed by atoms with Gasteiger partial charge in [0.1, 0.15) is 23.0 Å². The van der Waals surface area contributed by atoms with Crippen molar-refractivity contribution in [3.63, 3.8) is 0 Å². The Balaban J connectivity index is 1.45. The second-order valence-corrected chi connectivity index (χ2v) is 7.09. The van der Waals surface area contributed by atoms with Crippen LogP contribution in [0.15, 0.2) is 42.5 Å². The van der Waals surface area contributed by atoms with E-state index in [1.54, 1.807) is 4.90 Å². The predicted octanol–water partition coefficient (Wildman–Crippen LogP) is 4.18. The number of aromatic nitrogens is 2. The second kappa shape index (κ2) is 7.10. The number of para-hydroxylation sites is 2. The first-order valence-electron chi connectivity index (χ1n) is 9.19. The lowest BCUT2D eigenvalue weighted by atomic mass is 9.96. The van der Waals surface area contributed by atoms with E-state index < -0.39 is 23.1 Å². The van der Waals surface area contributed by atoms with Crippen LogP contribution in [0.4, 0.5) is 8.78 Å². The molecular formula is C21H21F2N3O. The Labute approximate surface area is 156 Å². The van der Waals surface area contributed by atoms with Crippen LogP contribution in [-0.4, -0.2) is 33.4 Å². The summed E-state index contributed by atoms with van der Waals surface area (Å²) >= 11 is 0. The van der Waals surface area contributed by atoms with Crippen molar-refractivity contribution in [3.05, 3.63) is 65.5 Å². The first-order valence-corrected chi connectivity index (χ1v) is 9.19. The average Bonchev–Trinajstić information content (AvgIpc) is 2.97. The van der Waals surface area contributed by atoms with E-state index in [9.17, 15) is 13.6 Å². The van der Waals surface area contributed by atoms with Gasteiger partial charge in [0.2, 0.25) is 0 Å². The van der Waals surface area contributed by atoms with Crippen molar-refractivity contribution in [2.45, 2.75) is 26.3 Å². The summed E-state index contributed by atoms with van der Waals surface area (Å²) in [6, 6.07) is 11.6. The third kappa shape index (κ3) is 3.31. The molecule has 1 fully saturated rings. The maximum Gasteiger partial charge on any atom is 0.259 e. The van der Waals surface area contributed by atoms with E-state index in [-0.39, 0.29) is 0 Å². The van der Waals surface area contributed by atoms with Gasteiger partial charge >= 0.3 is 0 Å². The number of imidazole rings is 1. The molecular weight excluding hydrogens is 348 g/mol. The van der Waals surface area contributed by atoms with Crippen LogP contribution in [0, 0.1) is 24.5 Å². The van der Waals surface area contributed by atoms with Crippen molar-refractivity contribution in [2.24, 2.45) is 5.92 Å². The van der Waals surface area contributed by atoms with Crippen molar-refractivity contribution in [1.29, 1.82) is 0 Å². The summed E-state index contributed by atoms with van der Waals surface area (Å²) in [5.41, 5.74) is 1.65. The van der Waals surface area contributed by atoms with E-state index in [0.717, 1.165) is 48.4 Å². The van der Waals surface area contributed by atoms with Gasteiger partial charge in [0.15, 0.2) is 0 Å². The van der Waals surface area contributed by atoms with Gasteiger partial charge in [-0.2, -0.15) is 0 Å². The molecule has 0 unspecified atom stereocenters. The first kappa shape index (κ1) is 17.6. The van der Waals surface area contributed by atoms with Gasteiger partial charge < -0.3 is 9.47 Å². The Morgan fingerprint density at radius 3 is 2.44 bits per heavy atom. The zero-order chi connectivity index (χ0) is 19.0. The summed E-state index contributed by atoms with van der Waals surface area (Å²) in [5.74, 6) is -0.794. The molecule has 0 radical (unpaired) electrons. The van der Waals surface area contributed by atoms with E-state index in [0.29, 0.717) is 19.0 Å². The molecule has 3 aromatic rings. The molecule has 140 valence electrons. The van der Waals surface area contributed by atoms with Crippen LogP contribution in [0.5, 0.6) is 0 Å². The fourth-order valence-electron chi connectivity index (χ4n) is 3.86. The lowest BCUT2D eigenvalue weighted by Crippen LogP contribution is -2.40. The Bertz CT molecular complexity index is 970. The van der Waals surface area contributed by atoms with Gasteiger partial charge in [-0.3, -0.25) is 4.79 Å². The normalized spacial score (nSPS) is 15.4. The largest absolute Gasteiger partial charge is 0.338 e. The van der Waals surface area contributed by atoms with Crippen LogP contribution in [0.1, 0.15) is 29.0 Å². The number of hydrogen-bond acceptors (Lipinski definition) is 2. The minimum atomic E-state index is -0.803. The van der Waals surface area contributed by atoms with E-state index in [1.165, 1.54) is 6.07 Å². The fraction of sp³-hybridized carbons (Fsp3) is 0.333. The molecule has 0 spiro atoms. The molecule has 2 aromatic carbocycles. The number of fused-ring (bicyclic) bond motifs is 1. The van der Waals surface area contributed by atoms with E-state index in [1.807, 2.05) is 25.1 Å². The van der Waals surface area contributed by atoms with E-state index >= 15 is 0 Å². The minimum absolute atomic E-state index is 0.399. The number of amides is 1. The van der Waals surface area contributed by atoms with Crippen molar-refractivity contribution in [1.82, 2.24) is 14.5 Å². The molecule has 0 atom stereocenters. The topological polar surface area (TPSA) is 38.1 Å². The highest BCUT2D eigenvalue weighted by molar-refractivity contribution is 5.94. The van der Waals surface area contributed by atoms with Crippen molar-refractivity contribution in [2.75, 3.05) is 13.1 Å². The Morgan fingerprint density at radius 2 is 1.74 bits per heavy atom. The maximum atomic E-state index is 13.9. The number of benzene rings is 2. The number of rotatable bonds is 3. The van der Waals surface area contributed by atoms with E-state index in [4.69, 9.17) is 0 Å². The summed E-state index contributed by atoms with van der Waals surface area (Å²) in [4.78, 5) is 18.7. The van der Waals surface area contributed by atoms with Crippen LogP contribution in [0.2, 0.25) is 0 Å². The second-order valence-electron chi connectivity index (χ2n) is 7.09. The molecule has 1 aromatic heterocycles. The zero-order valence-electron chi connectivity index (χ0n) is 15.2. The highest BCUT2D eigenvalue weighted by atomic mass is 19.1. The van der Waals surface area contributed by atoms with Crippen LogP contribution in [0.3, 0.4) is 0 Å². The Morgan fingerprint density at radius 1 is 1.07 bits per heavy atom. The number of nitrogens with zero attached hydrogens (tertiary/aromatic N) is 3. The first-order chi connectivity index (χ1) is 13.0. The molecule has 0 saturated carbocycles. The lowest BCUT2D eigenvalue weighted by molar-refractivity contribution is 0.0673. The van der Waals surface area contributed by atoms with Gasteiger partial charge in [0.25, 0.3) is 5.91 Å². The number of hydrogen-bond donors (Lipinski definition) is 0. The summed E-state index contributed by atoms with van der Waals surface area (Å²) in [5, 5.41) is 0. The Kier molecular flexibility index (Phi) is 4.64. The van der Waals surface area contributed by atoms with Gasteiger partial charge in [-0.05, 0) is 49.9 Å². The molecule has 1 amide bonds. The van der Waals surface area contributed by atoms with Gasteiger partial charge in [-0.1, -0.05) is 18.2 Å². The molecule has 1 saturated heterocycles. The van der Waals surface area contributed by atoms with Crippen LogP contribution < -0.4 is 0 Å².